The number of para-hydroxylation sites is 1. The Labute approximate surface area is 92.2 Å². The molecule has 0 unspecified atom stereocenters. The van der Waals surface area contributed by atoms with E-state index < -0.39 is 11.8 Å². The quantitative estimate of drug-likeness (QED) is 0.409. The van der Waals surface area contributed by atoms with Gasteiger partial charge in [-0.1, -0.05) is 6.07 Å². The van der Waals surface area contributed by atoms with Crippen LogP contribution >= 0.6 is 0 Å². The van der Waals surface area contributed by atoms with Crippen molar-refractivity contribution >= 4 is 17.5 Å². The average Bonchev–Trinajstić information content (AvgIpc) is 2.21. The van der Waals surface area contributed by atoms with Gasteiger partial charge in [-0.15, -0.1) is 0 Å². The molecule has 0 radical (unpaired) electrons. The van der Waals surface area contributed by atoms with E-state index in [0.29, 0.717) is 0 Å². The number of benzene rings is 1. The summed E-state index contributed by atoms with van der Waals surface area (Å²) in [6.45, 7) is 0.127. The average molecular weight is 223 g/mol. The lowest BCUT2D eigenvalue weighted by molar-refractivity contribution is -0.117. The van der Waals surface area contributed by atoms with E-state index in [-0.39, 0.29) is 30.0 Å². The molecule has 0 bridgehead atoms. The van der Waals surface area contributed by atoms with Crippen molar-refractivity contribution in [3.05, 3.63) is 23.8 Å². The summed E-state index contributed by atoms with van der Waals surface area (Å²) in [5.41, 5.74) is 10.5. The van der Waals surface area contributed by atoms with Crippen molar-refractivity contribution in [3.8, 4) is 5.75 Å². The van der Waals surface area contributed by atoms with Crippen LogP contribution in [0.1, 0.15) is 16.8 Å². The molecule has 1 aromatic rings. The zero-order valence-electron chi connectivity index (χ0n) is 8.56. The molecule has 1 aromatic carbocycles. The third-order valence-electron chi connectivity index (χ3n) is 1.97. The molecule has 0 saturated carbocycles. The number of phenols is 1. The number of anilines is 1. The molecule has 6 N–H and O–H groups in total. The maximum absolute atomic E-state index is 11.5. The molecule has 16 heavy (non-hydrogen) atoms. The summed E-state index contributed by atoms with van der Waals surface area (Å²) in [6, 6.07) is 4.47. The van der Waals surface area contributed by atoms with Gasteiger partial charge in [0.15, 0.2) is 5.75 Å². The van der Waals surface area contributed by atoms with Crippen molar-refractivity contribution in [1.29, 1.82) is 0 Å². The van der Waals surface area contributed by atoms with Crippen LogP contribution in [0.4, 0.5) is 5.69 Å². The second-order valence-electron chi connectivity index (χ2n) is 3.22. The molecule has 0 atom stereocenters. The van der Waals surface area contributed by atoms with Crippen molar-refractivity contribution in [2.45, 2.75) is 6.42 Å². The number of carbonyl (C=O) groups excluding carboxylic acids is 2. The summed E-state index contributed by atoms with van der Waals surface area (Å²) in [5, 5.41) is 11.9. The first kappa shape index (κ1) is 11.8. The Morgan fingerprint density at radius 3 is 2.69 bits per heavy atom. The normalized spacial score (nSPS) is 9.75. The Morgan fingerprint density at radius 1 is 1.38 bits per heavy atom. The highest BCUT2D eigenvalue weighted by atomic mass is 16.3. The van der Waals surface area contributed by atoms with E-state index >= 15 is 0 Å². The zero-order valence-corrected chi connectivity index (χ0v) is 8.56. The highest BCUT2D eigenvalue weighted by Gasteiger charge is 2.12. The summed E-state index contributed by atoms with van der Waals surface area (Å²) >= 11 is 0. The SMILES string of the molecule is NC(=O)CCNC(=O)c1cccc(N)c1O. The van der Waals surface area contributed by atoms with Gasteiger partial charge in [-0.25, -0.2) is 0 Å². The zero-order chi connectivity index (χ0) is 12.1. The second-order valence-corrected chi connectivity index (χ2v) is 3.22. The number of hydrogen-bond acceptors (Lipinski definition) is 4. The molecule has 0 aromatic heterocycles. The van der Waals surface area contributed by atoms with Gasteiger partial charge in [0.2, 0.25) is 5.91 Å². The Bertz CT molecular complexity index is 418. The molecule has 0 heterocycles. The van der Waals surface area contributed by atoms with Crippen molar-refractivity contribution in [2.75, 3.05) is 12.3 Å². The fraction of sp³-hybridized carbons (Fsp3) is 0.200. The number of rotatable bonds is 4. The molecule has 6 nitrogen and oxygen atoms in total. The van der Waals surface area contributed by atoms with Gasteiger partial charge in [-0.05, 0) is 12.1 Å². The van der Waals surface area contributed by atoms with Crippen LogP contribution in [0.3, 0.4) is 0 Å². The molecule has 0 aliphatic rings. The lowest BCUT2D eigenvalue weighted by Gasteiger charge is -2.07. The van der Waals surface area contributed by atoms with Gasteiger partial charge in [0.25, 0.3) is 5.91 Å². The lowest BCUT2D eigenvalue weighted by atomic mass is 10.1. The van der Waals surface area contributed by atoms with Crippen LogP contribution in [-0.2, 0) is 4.79 Å². The molecule has 2 amide bonds. The minimum atomic E-state index is -0.503. The Kier molecular flexibility index (Phi) is 3.71. The topological polar surface area (TPSA) is 118 Å². The molecule has 6 heteroatoms. The smallest absolute Gasteiger partial charge is 0.255 e. The van der Waals surface area contributed by atoms with E-state index in [1.807, 2.05) is 0 Å². The van der Waals surface area contributed by atoms with Crippen LogP contribution in [0.25, 0.3) is 0 Å². The first-order valence-corrected chi connectivity index (χ1v) is 4.66. The summed E-state index contributed by atoms with van der Waals surface area (Å²) in [5.74, 6) is -1.26. The van der Waals surface area contributed by atoms with E-state index in [1.54, 1.807) is 6.07 Å². The number of nitrogens with one attached hydrogen (secondary N) is 1. The molecule has 0 aliphatic heterocycles. The predicted molar refractivity (Wildman–Crippen MR) is 58.7 cm³/mol. The third-order valence-corrected chi connectivity index (χ3v) is 1.97. The molecule has 0 spiro atoms. The van der Waals surface area contributed by atoms with Gasteiger partial charge in [0.05, 0.1) is 11.3 Å². The van der Waals surface area contributed by atoms with Crippen LogP contribution in [0, 0.1) is 0 Å². The summed E-state index contributed by atoms with van der Waals surface area (Å²) < 4.78 is 0. The predicted octanol–water partition coefficient (Wildman–Crippen LogP) is -0.420. The van der Waals surface area contributed by atoms with E-state index in [0.717, 1.165) is 0 Å². The number of hydrogen-bond donors (Lipinski definition) is 4. The van der Waals surface area contributed by atoms with Gasteiger partial charge in [-0.2, -0.15) is 0 Å². The highest BCUT2D eigenvalue weighted by molar-refractivity contribution is 5.98. The number of phenolic OH excluding ortho intramolecular Hbond substituents is 1. The van der Waals surface area contributed by atoms with Crippen molar-refractivity contribution in [1.82, 2.24) is 5.32 Å². The summed E-state index contributed by atoms with van der Waals surface area (Å²) in [7, 11) is 0. The minimum absolute atomic E-state index is 0.0504. The highest BCUT2D eigenvalue weighted by Crippen LogP contribution is 2.23. The summed E-state index contributed by atoms with van der Waals surface area (Å²) in [6.07, 6.45) is 0.0504. The van der Waals surface area contributed by atoms with Crippen LogP contribution in [-0.4, -0.2) is 23.5 Å². The third kappa shape index (κ3) is 2.88. The molecular weight excluding hydrogens is 210 g/mol. The summed E-state index contributed by atoms with van der Waals surface area (Å²) in [4.78, 5) is 22.0. The number of nitrogens with two attached hydrogens (primary N) is 2. The van der Waals surface area contributed by atoms with Gasteiger partial charge < -0.3 is 21.9 Å². The van der Waals surface area contributed by atoms with Gasteiger partial charge in [-0.3, -0.25) is 9.59 Å². The fourth-order valence-corrected chi connectivity index (χ4v) is 1.14. The molecule has 86 valence electrons. The lowest BCUT2D eigenvalue weighted by Crippen LogP contribution is -2.27. The van der Waals surface area contributed by atoms with E-state index in [9.17, 15) is 14.7 Å². The first-order chi connectivity index (χ1) is 7.52. The number of amides is 2. The largest absolute Gasteiger partial charge is 0.505 e. The van der Waals surface area contributed by atoms with Crippen molar-refractivity contribution in [2.24, 2.45) is 5.73 Å². The van der Waals surface area contributed by atoms with E-state index in [4.69, 9.17) is 11.5 Å². The number of primary amides is 1. The maximum Gasteiger partial charge on any atom is 0.255 e. The Balaban J connectivity index is 2.66. The van der Waals surface area contributed by atoms with Crippen LogP contribution in [0.5, 0.6) is 5.75 Å². The Hall–Kier alpha value is -2.24. The van der Waals surface area contributed by atoms with E-state index in [2.05, 4.69) is 5.32 Å². The van der Waals surface area contributed by atoms with Gasteiger partial charge in [0.1, 0.15) is 0 Å². The fourth-order valence-electron chi connectivity index (χ4n) is 1.14. The molecular formula is C10H13N3O3. The van der Waals surface area contributed by atoms with Crippen LogP contribution in [0.2, 0.25) is 0 Å². The molecule has 1 rings (SSSR count). The number of aromatic hydroxyl groups is 1. The van der Waals surface area contributed by atoms with E-state index in [1.165, 1.54) is 12.1 Å². The maximum atomic E-state index is 11.5. The van der Waals surface area contributed by atoms with Crippen molar-refractivity contribution < 1.29 is 14.7 Å². The second kappa shape index (κ2) is 5.01. The minimum Gasteiger partial charge on any atom is -0.505 e. The molecule has 0 fully saturated rings. The Morgan fingerprint density at radius 2 is 2.06 bits per heavy atom. The number of nitrogen functional groups attached to an aromatic ring is 1. The van der Waals surface area contributed by atoms with Crippen LogP contribution < -0.4 is 16.8 Å². The molecule has 0 aliphatic carbocycles. The van der Waals surface area contributed by atoms with Gasteiger partial charge >= 0.3 is 0 Å². The number of carbonyl (C=O) groups is 2. The first-order valence-electron chi connectivity index (χ1n) is 4.66. The van der Waals surface area contributed by atoms with Crippen LogP contribution in [0.15, 0.2) is 18.2 Å². The monoisotopic (exact) mass is 223 g/mol. The standard InChI is InChI=1S/C10H13N3O3/c11-7-3-1-2-6(9(7)15)10(16)13-5-4-8(12)14/h1-3,15H,4-5,11H2,(H2,12,14)(H,13,16). The van der Waals surface area contributed by atoms with Crippen molar-refractivity contribution in [3.63, 3.8) is 0 Å². The van der Waals surface area contributed by atoms with Gasteiger partial charge in [0, 0.05) is 13.0 Å². The molecule has 0 saturated heterocycles.